The van der Waals surface area contributed by atoms with Crippen molar-refractivity contribution in [3.8, 4) is 27.5 Å². The summed E-state index contributed by atoms with van der Waals surface area (Å²) in [6.07, 6.45) is 9.24. The Bertz CT molecular complexity index is 1720. The summed E-state index contributed by atoms with van der Waals surface area (Å²) < 4.78 is 1.86. The molecule has 0 spiro atoms. The normalized spacial score (nSPS) is 20.3. The van der Waals surface area contributed by atoms with E-state index < -0.39 is 0 Å². The molecule has 1 aromatic carbocycles. The summed E-state index contributed by atoms with van der Waals surface area (Å²) in [7, 11) is 2.19. The Morgan fingerprint density at radius 2 is 1.84 bits per heavy atom. The number of piperazine rings is 1. The third-order valence-corrected chi connectivity index (χ3v) is 10.6. The first-order chi connectivity index (χ1) is 21.8. The molecule has 0 unspecified atom stereocenters. The van der Waals surface area contributed by atoms with Gasteiger partial charge in [-0.25, -0.2) is 9.67 Å². The standard InChI is InChI=1S/C33H37ClN8O2S/c1-20(43)36-33-38-27-11-10-25-29(22-4-3-13-35-19-22)39-42(30(25)31(27)45-33)28-12-5-21(18-26(28)34)32(44)37-23-6-8-24(9-7-23)41-16-14-40(2)15-17-41/h3-5,12-13,18-19,23-24H,6-11,14-17H2,1-2H3,(H,37,44)(H,36,38,43). The summed E-state index contributed by atoms with van der Waals surface area (Å²) in [6.45, 7) is 6.00. The van der Waals surface area contributed by atoms with Crippen molar-refractivity contribution < 1.29 is 9.59 Å². The van der Waals surface area contributed by atoms with E-state index in [4.69, 9.17) is 21.7 Å². The lowest BCUT2D eigenvalue weighted by atomic mass is 9.89. The second-order valence-corrected chi connectivity index (χ2v) is 13.7. The van der Waals surface area contributed by atoms with E-state index in [1.807, 2.05) is 35.1 Å². The average Bonchev–Trinajstić information content (AvgIpc) is 3.63. The Morgan fingerprint density at radius 1 is 1.04 bits per heavy atom. The fourth-order valence-electron chi connectivity index (χ4n) is 6.84. The molecule has 12 heteroatoms. The van der Waals surface area contributed by atoms with Crippen molar-refractivity contribution in [2.45, 2.75) is 57.5 Å². The van der Waals surface area contributed by atoms with Crippen molar-refractivity contribution in [3.05, 3.63) is 64.6 Å². The molecule has 234 valence electrons. The maximum absolute atomic E-state index is 13.4. The molecule has 4 heterocycles. The maximum atomic E-state index is 13.4. The number of pyridine rings is 1. The summed E-state index contributed by atoms with van der Waals surface area (Å²) in [6, 6.07) is 10.1. The van der Waals surface area contributed by atoms with Gasteiger partial charge < -0.3 is 15.5 Å². The zero-order valence-corrected chi connectivity index (χ0v) is 27.1. The van der Waals surface area contributed by atoms with Gasteiger partial charge in [-0.3, -0.25) is 19.5 Å². The van der Waals surface area contributed by atoms with Crippen LogP contribution in [0.2, 0.25) is 5.02 Å². The Kier molecular flexibility index (Phi) is 8.43. The van der Waals surface area contributed by atoms with Crippen LogP contribution in [-0.2, 0) is 17.6 Å². The van der Waals surface area contributed by atoms with Crippen LogP contribution in [0.5, 0.6) is 0 Å². The number of amides is 2. The summed E-state index contributed by atoms with van der Waals surface area (Å²) in [5.74, 6) is -0.263. The van der Waals surface area contributed by atoms with Gasteiger partial charge in [0.2, 0.25) is 5.91 Å². The highest BCUT2D eigenvalue weighted by Crippen LogP contribution is 2.44. The van der Waals surface area contributed by atoms with Gasteiger partial charge in [0, 0.05) is 74.3 Å². The number of halogens is 1. The van der Waals surface area contributed by atoms with E-state index in [2.05, 4.69) is 32.5 Å². The summed E-state index contributed by atoms with van der Waals surface area (Å²) in [5, 5.41) is 12.1. The zero-order valence-electron chi connectivity index (χ0n) is 25.6. The largest absolute Gasteiger partial charge is 0.349 e. The number of aryl methyl sites for hydroxylation is 1. The quantitative estimate of drug-likeness (QED) is 0.302. The number of likely N-dealkylation sites (N-methyl/N-ethyl adjacent to an activating group) is 1. The molecule has 1 saturated heterocycles. The first kappa shape index (κ1) is 30.0. The predicted molar refractivity (Wildman–Crippen MR) is 177 cm³/mol. The van der Waals surface area contributed by atoms with Crippen LogP contribution in [0.1, 0.15) is 54.2 Å². The van der Waals surface area contributed by atoms with Gasteiger partial charge in [-0.2, -0.15) is 5.10 Å². The van der Waals surface area contributed by atoms with E-state index >= 15 is 0 Å². The number of nitrogens with one attached hydrogen (secondary N) is 2. The number of anilines is 1. The second-order valence-electron chi connectivity index (χ2n) is 12.3. The maximum Gasteiger partial charge on any atom is 0.251 e. The molecule has 2 amide bonds. The number of hydrogen-bond acceptors (Lipinski definition) is 8. The molecule has 2 fully saturated rings. The minimum Gasteiger partial charge on any atom is -0.349 e. The predicted octanol–water partition coefficient (Wildman–Crippen LogP) is 5.06. The van der Waals surface area contributed by atoms with E-state index in [9.17, 15) is 9.59 Å². The summed E-state index contributed by atoms with van der Waals surface area (Å²) >= 11 is 8.37. The highest BCUT2D eigenvalue weighted by molar-refractivity contribution is 7.19. The molecule has 2 aliphatic carbocycles. The summed E-state index contributed by atoms with van der Waals surface area (Å²) in [4.78, 5) is 40.1. The number of fused-ring (bicyclic) bond motifs is 3. The third-order valence-electron chi connectivity index (χ3n) is 9.25. The number of hydrogen-bond donors (Lipinski definition) is 2. The fraction of sp³-hybridized carbons (Fsp3) is 0.424. The van der Waals surface area contributed by atoms with Gasteiger partial charge in [0.15, 0.2) is 5.13 Å². The van der Waals surface area contributed by atoms with E-state index in [0.717, 1.165) is 97.8 Å². The fourth-order valence-corrected chi connectivity index (χ4v) is 8.22. The number of benzene rings is 1. The van der Waals surface area contributed by atoms with Crippen LogP contribution in [0, 0.1) is 0 Å². The Hall–Kier alpha value is -3.64. The molecule has 0 bridgehead atoms. The number of rotatable bonds is 6. The lowest BCUT2D eigenvalue weighted by Crippen LogP contribution is -2.51. The smallest absolute Gasteiger partial charge is 0.251 e. The van der Waals surface area contributed by atoms with E-state index in [0.29, 0.717) is 27.4 Å². The minimum absolute atomic E-state index is 0.102. The lowest BCUT2D eigenvalue weighted by Gasteiger charge is -2.41. The third kappa shape index (κ3) is 6.14. The molecule has 45 heavy (non-hydrogen) atoms. The molecular formula is C33H37ClN8O2S. The molecule has 7 rings (SSSR count). The Balaban J connectivity index is 1.13. The molecule has 0 atom stereocenters. The molecule has 1 saturated carbocycles. The first-order valence-electron chi connectivity index (χ1n) is 15.7. The van der Waals surface area contributed by atoms with Gasteiger partial charge in [0.25, 0.3) is 5.91 Å². The number of carbonyl (C=O) groups is 2. The minimum atomic E-state index is -0.161. The number of nitrogens with zero attached hydrogens (tertiary/aromatic N) is 6. The van der Waals surface area contributed by atoms with Gasteiger partial charge in [-0.15, -0.1) is 0 Å². The van der Waals surface area contributed by atoms with Crippen molar-refractivity contribution >= 4 is 39.9 Å². The van der Waals surface area contributed by atoms with Crippen LogP contribution in [0.4, 0.5) is 5.13 Å². The number of carbonyl (C=O) groups excluding carboxylic acids is 2. The lowest BCUT2D eigenvalue weighted by molar-refractivity contribution is -0.114. The van der Waals surface area contributed by atoms with Gasteiger partial charge >= 0.3 is 0 Å². The van der Waals surface area contributed by atoms with Crippen LogP contribution in [-0.4, -0.2) is 86.7 Å². The van der Waals surface area contributed by atoms with Crippen molar-refractivity contribution in [3.63, 3.8) is 0 Å². The Morgan fingerprint density at radius 3 is 2.56 bits per heavy atom. The molecular weight excluding hydrogens is 608 g/mol. The highest BCUT2D eigenvalue weighted by Gasteiger charge is 2.31. The molecule has 2 N–H and O–H groups in total. The Labute approximate surface area is 271 Å². The highest BCUT2D eigenvalue weighted by atomic mass is 35.5. The molecule has 4 aromatic rings. The second kappa shape index (κ2) is 12.6. The van der Waals surface area contributed by atoms with Crippen LogP contribution in [0.3, 0.4) is 0 Å². The van der Waals surface area contributed by atoms with Gasteiger partial charge in [-0.1, -0.05) is 22.9 Å². The van der Waals surface area contributed by atoms with Crippen LogP contribution >= 0.6 is 22.9 Å². The van der Waals surface area contributed by atoms with Crippen LogP contribution < -0.4 is 10.6 Å². The van der Waals surface area contributed by atoms with Gasteiger partial charge in [0.1, 0.15) is 0 Å². The van der Waals surface area contributed by atoms with Crippen molar-refractivity contribution in [2.75, 3.05) is 38.5 Å². The van der Waals surface area contributed by atoms with Crippen LogP contribution in [0.25, 0.3) is 27.5 Å². The molecule has 1 aliphatic heterocycles. The van der Waals surface area contributed by atoms with E-state index in [-0.39, 0.29) is 17.9 Å². The van der Waals surface area contributed by atoms with Crippen molar-refractivity contribution in [2.24, 2.45) is 0 Å². The molecule has 3 aliphatic rings. The average molecular weight is 645 g/mol. The number of thiazole rings is 1. The monoisotopic (exact) mass is 644 g/mol. The van der Waals surface area contributed by atoms with Crippen LogP contribution in [0.15, 0.2) is 42.7 Å². The van der Waals surface area contributed by atoms with E-state index in [1.54, 1.807) is 12.3 Å². The molecule has 0 radical (unpaired) electrons. The summed E-state index contributed by atoms with van der Waals surface area (Å²) in [5.41, 5.74) is 5.86. The van der Waals surface area contributed by atoms with Crippen molar-refractivity contribution in [1.29, 1.82) is 0 Å². The zero-order chi connectivity index (χ0) is 31.1. The number of aromatic nitrogens is 4. The molecule has 10 nitrogen and oxygen atoms in total. The van der Waals surface area contributed by atoms with Gasteiger partial charge in [0.05, 0.1) is 32.7 Å². The first-order valence-corrected chi connectivity index (χ1v) is 16.9. The SMILES string of the molecule is CC(=O)Nc1nc2c(s1)-c1c(c(-c3cccnc3)nn1-c1ccc(C(=O)NC3CCC(N4CCN(C)CC4)CC3)cc1Cl)CC2. The van der Waals surface area contributed by atoms with Gasteiger partial charge in [-0.05, 0) is 75.9 Å². The molecule has 3 aromatic heterocycles. The van der Waals surface area contributed by atoms with E-state index in [1.165, 1.54) is 18.3 Å². The van der Waals surface area contributed by atoms with Crippen molar-refractivity contribution in [1.82, 2.24) is 34.9 Å². The topological polar surface area (TPSA) is 108 Å².